The van der Waals surface area contributed by atoms with Crippen LogP contribution >= 0.6 is 0 Å². The van der Waals surface area contributed by atoms with E-state index in [9.17, 15) is 22.8 Å². The molecule has 0 unspecified atom stereocenters. The van der Waals surface area contributed by atoms with Crippen molar-refractivity contribution in [3.05, 3.63) is 52.3 Å². The molecule has 0 aliphatic heterocycles. The largest absolute Gasteiger partial charge is 0.454 e. The van der Waals surface area contributed by atoms with Crippen molar-refractivity contribution in [3.63, 3.8) is 0 Å². The lowest BCUT2D eigenvalue weighted by Gasteiger charge is -2.08. The summed E-state index contributed by atoms with van der Waals surface area (Å²) in [6.45, 7) is 4.22. The third kappa shape index (κ3) is 4.63. The van der Waals surface area contributed by atoms with E-state index in [1.165, 1.54) is 31.2 Å². The van der Waals surface area contributed by atoms with Crippen LogP contribution in [0.1, 0.15) is 62.2 Å². The summed E-state index contributed by atoms with van der Waals surface area (Å²) < 4.78 is 32.2. The molecule has 3 rings (SSSR count). The lowest BCUT2D eigenvalue weighted by atomic mass is 10.1. The maximum absolute atomic E-state index is 12.4. The molecule has 9 heteroatoms. The second-order valence-electron chi connectivity index (χ2n) is 7.10. The van der Waals surface area contributed by atoms with Gasteiger partial charge in [-0.25, -0.2) is 17.9 Å². The van der Waals surface area contributed by atoms with Gasteiger partial charge in [-0.3, -0.25) is 9.59 Å². The van der Waals surface area contributed by atoms with Crippen LogP contribution in [-0.2, 0) is 14.8 Å². The van der Waals surface area contributed by atoms with Crippen molar-refractivity contribution in [1.29, 1.82) is 0 Å². The van der Waals surface area contributed by atoms with Crippen LogP contribution in [-0.4, -0.2) is 43.6 Å². The number of esters is 1. The van der Waals surface area contributed by atoms with E-state index in [1.54, 1.807) is 13.8 Å². The van der Waals surface area contributed by atoms with E-state index < -0.39 is 28.4 Å². The van der Waals surface area contributed by atoms with Gasteiger partial charge in [0.25, 0.3) is 0 Å². The summed E-state index contributed by atoms with van der Waals surface area (Å²) >= 11 is 0. The van der Waals surface area contributed by atoms with E-state index >= 15 is 0 Å². The summed E-state index contributed by atoms with van der Waals surface area (Å²) in [5.74, 6) is -1.45. The van der Waals surface area contributed by atoms with E-state index in [4.69, 9.17) is 4.74 Å². The lowest BCUT2D eigenvalue weighted by Crippen LogP contribution is -2.26. The number of hydrogen-bond donors (Lipinski definition) is 2. The number of rotatable bonds is 8. The van der Waals surface area contributed by atoms with Gasteiger partial charge in [0, 0.05) is 17.3 Å². The van der Waals surface area contributed by atoms with E-state index in [2.05, 4.69) is 9.71 Å². The monoisotopic (exact) mass is 418 g/mol. The minimum Gasteiger partial charge on any atom is -0.454 e. The van der Waals surface area contributed by atoms with Gasteiger partial charge in [-0.15, -0.1) is 0 Å². The van der Waals surface area contributed by atoms with Crippen molar-refractivity contribution in [2.24, 2.45) is 0 Å². The van der Waals surface area contributed by atoms with E-state index in [1.807, 2.05) is 0 Å². The number of ether oxygens (including phenoxy) is 1. The van der Waals surface area contributed by atoms with Gasteiger partial charge in [0.15, 0.2) is 12.4 Å². The molecular weight excluding hydrogens is 396 g/mol. The highest BCUT2D eigenvalue weighted by Crippen LogP contribution is 2.23. The van der Waals surface area contributed by atoms with Crippen LogP contribution in [0.5, 0.6) is 0 Å². The van der Waals surface area contributed by atoms with Gasteiger partial charge in [-0.1, -0.05) is 6.07 Å². The van der Waals surface area contributed by atoms with E-state index in [0.717, 1.165) is 12.8 Å². The first-order valence-electron chi connectivity index (χ1n) is 9.13. The van der Waals surface area contributed by atoms with Gasteiger partial charge in [0.2, 0.25) is 15.8 Å². The molecule has 1 heterocycles. The maximum Gasteiger partial charge on any atom is 0.338 e. The fourth-order valence-electron chi connectivity index (χ4n) is 3.12. The molecule has 0 spiro atoms. The van der Waals surface area contributed by atoms with Crippen LogP contribution in [0.25, 0.3) is 0 Å². The summed E-state index contributed by atoms with van der Waals surface area (Å²) in [6.07, 6.45) is 1.60. The zero-order chi connectivity index (χ0) is 21.3. The van der Waals surface area contributed by atoms with Crippen molar-refractivity contribution in [2.45, 2.75) is 44.6 Å². The van der Waals surface area contributed by atoms with Crippen LogP contribution in [0, 0.1) is 13.8 Å². The minimum atomic E-state index is -3.70. The van der Waals surface area contributed by atoms with Crippen molar-refractivity contribution in [2.75, 3.05) is 6.61 Å². The number of benzene rings is 1. The van der Waals surface area contributed by atoms with Gasteiger partial charge in [0.1, 0.15) is 0 Å². The predicted molar refractivity (Wildman–Crippen MR) is 105 cm³/mol. The van der Waals surface area contributed by atoms with Gasteiger partial charge in [-0.2, -0.15) is 0 Å². The van der Waals surface area contributed by atoms with Gasteiger partial charge < -0.3 is 9.72 Å². The second kappa shape index (κ2) is 7.92. The van der Waals surface area contributed by atoms with Crippen LogP contribution in [0.2, 0.25) is 0 Å². The Kier molecular flexibility index (Phi) is 5.72. The van der Waals surface area contributed by atoms with Gasteiger partial charge in [-0.05, 0) is 57.4 Å². The maximum atomic E-state index is 12.4. The predicted octanol–water partition coefficient (Wildman–Crippen LogP) is 2.31. The number of carbonyl (C=O) groups excluding carboxylic acids is 3. The molecular formula is C20H22N2O6S. The lowest BCUT2D eigenvalue weighted by molar-refractivity contribution is 0.0473. The Morgan fingerprint density at radius 3 is 2.48 bits per heavy atom. The highest BCUT2D eigenvalue weighted by molar-refractivity contribution is 7.89. The highest BCUT2D eigenvalue weighted by Gasteiger charge is 2.28. The van der Waals surface area contributed by atoms with Gasteiger partial charge in [0.05, 0.1) is 16.2 Å². The first kappa shape index (κ1) is 20.9. The molecule has 1 fully saturated rings. The summed E-state index contributed by atoms with van der Waals surface area (Å²) in [4.78, 5) is 39.2. The molecule has 2 N–H and O–H groups in total. The van der Waals surface area contributed by atoms with Crippen molar-refractivity contribution in [3.8, 4) is 0 Å². The molecule has 0 saturated heterocycles. The van der Waals surface area contributed by atoms with Crippen molar-refractivity contribution < 1.29 is 27.5 Å². The number of aryl methyl sites for hydroxylation is 1. The van der Waals surface area contributed by atoms with Crippen molar-refractivity contribution in [1.82, 2.24) is 9.71 Å². The first-order valence-corrected chi connectivity index (χ1v) is 10.6. The number of hydrogen-bond acceptors (Lipinski definition) is 6. The number of ketones is 2. The molecule has 8 nitrogen and oxygen atoms in total. The molecule has 0 amide bonds. The molecule has 0 radical (unpaired) electrons. The SMILES string of the molecule is CC(=O)c1c(C)[nH]c(C(=O)COC(=O)c2cccc(S(=O)(=O)NC3CC3)c2)c1C. The fourth-order valence-corrected chi connectivity index (χ4v) is 4.47. The zero-order valence-electron chi connectivity index (χ0n) is 16.4. The third-order valence-corrected chi connectivity index (χ3v) is 6.20. The molecule has 1 aromatic carbocycles. The number of Topliss-reactive ketones (excluding diaryl/α,β-unsaturated/α-hetero) is 2. The number of carbonyl (C=O) groups is 3. The topological polar surface area (TPSA) is 122 Å². The Labute approximate surface area is 168 Å². The summed E-state index contributed by atoms with van der Waals surface area (Å²) in [7, 11) is -3.70. The zero-order valence-corrected chi connectivity index (χ0v) is 17.2. The van der Waals surface area contributed by atoms with E-state index in [-0.39, 0.29) is 28.0 Å². The number of nitrogens with one attached hydrogen (secondary N) is 2. The van der Waals surface area contributed by atoms with E-state index in [0.29, 0.717) is 16.8 Å². The van der Waals surface area contributed by atoms with Crippen LogP contribution in [0.4, 0.5) is 0 Å². The Morgan fingerprint density at radius 2 is 1.90 bits per heavy atom. The number of aromatic nitrogens is 1. The summed E-state index contributed by atoms with van der Waals surface area (Å²) in [5, 5.41) is 0. The first-order chi connectivity index (χ1) is 13.6. The Balaban J connectivity index is 1.70. The molecule has 154 valence electrons. The summed E-state index contributed by atoms with van der Waals surface area (Å²) in [5.41, 5.74) is 1.77. The number of sulfonamides is 1. The summed E-state index contributed by atoms with van der Waals surface area (Å²) in [6, 6.07) is 5.41. The molecule has 0 atom stereocenters. The van der Waals surface area contributed by atoms with Gasteiger partial charge >= 0.3 is 5.97 Å². The fraction of sp³-hybridized carbons (Fsp3) is 0.350. The molecule has 2 aromatic rings. The Hall–Kier alpha value is -2.78. The average Bonchev–Trinajstić information content (AvgIpc) is 3.41. The minimum absolute atomic E-state index is 0.0280. The number of H-pyrrole nitrogens is 1. The normalized spacial score (nSPS) is 13.9. The number of aromatic amines is 1. The van der Waals surface area contributed by atoms with Crippen molar-refractivity contribution >= 4 is 27.6 Å². The average molecular weight is 418 g/mol. The van der Waals surface area contributed by atoms with Crippen LogP contribution < -0.4 is 4.72 Å². The highest BCUT2D eigenvalue weighted by atomic mass is 32.2. The molecule has 1 saturated carbocycles. The quantitative estimate of drug-likeness (QED) is 0.501. The Morgan fingerprint density at radius 1 is 1.21 bits per heavy atom. The molecule has 1 aliphatic rings. The Bertz CT molecular complexity index is 1100. The molecule has 29 heavy (non-hydrogen) atoms. The molecule has 1 aromatic heterocycles. The standard InChI is InChI=1S/C20H22N2O6S/c1-11-18(13(3)23)12(2)21-19(11)17(24)10-28-20(25)14-5-4-6-16(9-14)29(26,27)22-15-7-8-15/h4-6,9,15,21-22H,7-8,10H2,1-3H3. The smallest absolute Gasteiger partial charge is 0.338 e. The third-order valence-electron chi connectivity index (χ3n) is 4.68. The molecule has 0 bridgehead atoms. The van der Waals surface area contributed by atoms with Crippen LogP contribution in [0.15, 0.2) is 29.2 Å². The van der Waals surface area contributed by atoms with Crippen LogP contribution in [0.3, 0.4) is 0 Å². The molecule has 1 aliphatic carbocycles. The second-order valence-corrected chi connectivity index (χ2v) is 8.82.